The number of hydrogen-bond donors (Lipinski definition) is 1. The van der Waals surface area contributed by atoms with E-state index in [1.807, 2.05) is 0 Å². The Kier molecular flexibility index (Phi) is 8.47. The number of esters is 1. The summed E-state index contributed by atoms with van der Waals surface area (Å²) in [5.74, 6) is -6.46. The van der Waals surface area contributed by atoms with E-state index < -0.39 is 52.4 Å². The normalized spacial score (nSPS) is 16.6. The highest BCUT2D eigenvalue weighted by molar-refractivity contribution is 6.37. The van der Waals surface area contributed by atoms with E-state index in [2.05, 4.69) is 5.32 Å². The topological polar surface area (TPSA) is 55.4 Å². The molecular weight excluding hydrogens is 557 g/mol. The second kappa shape index (κ2) is 10.6. The van der Waals surface area contributed by atoms with Crippen molar-refractivity contribution in [2.45, 2.75) is 64.7 Å². The van der Waals surface area contributed by atoms with Crippen molar-refractivity contribution in [2.75, 3.05) is 5.32 Å². The zero-order chi connectivity index (χ0) is 27.9. The van der Waals surface area contributed by atoms with Crippen LogP contribution in [-0.2, 0) is 20.7 Å². The second-order valence-electron chi connectivity index (χ2n) is 10.3. The zero-order valence-electron chi connectivity index (χ0n) is 20.5. The summed E-state index contributed by atoms with van der Waals surface area (Å²) in [7, 11) is 0. The molecule has 1 aliphatic rings. The molecule has 0 unspecified atom stereocenters. The van der Waals surface area contributed by atoms with Crippen molar-refractivity contribution >= 4 is 52.4 Å². The molecule has 37 heavy (non-hydrogen) atoms. The molecule has 11 heteroatoms. The Labute approximate surface area is 227 Å². The number of alkyl halides is 3. The lowest BCUT2D eigenvalue weighted by molar-refractivity contribution is -0.178. The summed E-state index contributed by atoms with van der Waals surface area (Å²) < 4.78 is 62.1. The molecule has 3 rings (SSSR count). The van der Waals surface area contributed by atoms with Crippen LogP contribution in [0.3, 0.4) is 0 Å². The first-order valence-electron chi connectivity index (χ1n) is 11.5. The fraction of sp³-hybridized carbons (Fsp3) is 0.462. The minimum atomic E-state index is -4.72. The summed E-state index contributed by atoms with van der Waals surface area (Å²) in [6.07, 6.45) is -3.94. The SMILES string of the molecule is C[C@H]([C@H](C(=O)Nc1c(Cl)cc(Cl)c(CC2(C(=O)OC(C)(C)C)CC2)c1F)c1ccc(Cl)cc1)C(F)(F)F. The quantitative estimate of drug-likeness (QED) is 0.264. The first kappa shape index (κ1) is 29.5. The molecule has 0 radical (unpaired) electrons. The summed E-state index contributed by atoms with van der Waals surface area (Å²) in [5.41, 5.74) is -2.29. The molecule has 1 fully saturated rings. The maximum absolute atomic E-state index is 15.7. The lowest BCUT2D eigenvalue weighted by Gasteiger charge is -2.27. The zero-order valence-corrected chi connectivity index (χ0v) is 22.8. The molecule has 0 spiro atoms. The van der Waals surface area contributed by atoms with Gasteiger partial charge in [-0.2, -0.15) is 13.2 Å². The largest absolute Gasteiger partial charge is 0.460 e. The van der Waals surface area contributed by atoms with Crippen molar-refractivity contribution in [3.05, 3.63) is 62.3 Å². The molecule has 1 aliphatic carbocycles. The van der Waals surface area contributed by atoms with E-state index >= 15 is 4.39 Å². The molecule has 2 aromatic carbocycles. The van der Waals surface area contributed by atoms with Gasteiger partial charge in [0.1, 0.15) is 5.60 Å². The number of hydrogen-bond acceptors (Lipinski definition) is 3. The van der Waals surface area contributed by atoms with Crippen molar-refractivity contribution < 1.29 is 31.9 Å². The van der Waals surface area contributed by atoms with E-state index in [4.69, 9.17) is 39.5 Å². The summed E-state index contributed by atoms with van der Waals surface area (Å²) in [6.45, 7) is 6.00. The van der Waals surface area contributed by atoms with Crippen LogP contribution < -0.4 is 5.32 Å². The monoisotopic (exact) mass is 581 g/mol. The molecule has 0 bridgehead atoms. The average molecular weight is 583 g/mol. The summed E-state index contributed by atoms with van der Waals surface area (Å²) in [6, 6.07) is 6.52. The van der Waals surface area contributed by atoms with Crippen LogP contribution in [0.15, 0.2) is 30.3 Å². The molecule has 0 heterocycles. The van der Waals surface area contributed by atoms with Crippen LogP contribution in [0.2, 0.25) is 15.1 Å². The van der Waals surface area contributed by atoms with Gasteiger partial charge < -0.3 is 10.1 Å². The molecule has 1 saturated carbocycles. The smallest absolute Gasteiger partial charge is 0.392 e. The predicted molar refractivity (Wildman–Crippen MR) is 136 cm³/mol. The van der Waals surface area contributed by atoms with E-state index in [0.717, 1.165) is 6.92 Å². The van der Waals surface area contributed by atoms with Crippen LogP contribution in [0.5, 0.6) is 0 Å². The van der Waals surface area contributed by atoms with Gasteiger partial charge in [-0.05, 0) is 63.8 Å². The lowest BCUT2D eigenvalue weighted by atomic mass is 9.85. The second-order valence-corrected chi connectivity index (χ2v) is 11.6. The Hall–Kier alpha value is -2.03. The van der Waals surface area contributed by atoms with E-state index in [1.165, 1.54) is 30.3 Å². The molecule has 4 nitrogen and oxygen atoms in total. The minimum Gasteiger partial charge on any atom is -0.460 e. The Morgan fingerprint density at radius 1 is 1.05 bits per heavy atom. The molecule has 0 aliphatic heterocycles. The summed E-state index contributed by atoms with van der Waals surface area (Å²) >= 11 is 18.3. The van der Waals surface area contributed by atoms with Gasteiger partial charge in [0.2, 0.25) is 5.91 Å². The fourth-order valence-electron chi connectivity index (χ4n) is 3.96. The molecule has 2 atom stereocenters. The minimum absolute atomic E-state index is 0.0410. The van der Waals surface area contributed by atoms with Crippen LogP contribution >= 0.6 is 34.8 Å². The maximum atomic E-state index is 15.7. The highest BCUT2D eigenvalue weighted by Gasteiger charge is 2.53. The van der Waals surface area contributed by atoms with Gasteiger partial charge in [0.15, 0.2) is 5.82 Å². The number of halogens is 7. The first-order valence-corrected chi connectivity index (χ1v) is 12.6. The fourth-order valence-corrected chi connectivity index (χ4v) is 4.64. The number of nitrogens with one attached hydrogen (secondary N) is 1. The Bertz CT molecular complexity index is 1190. The Morgan fingerprint density at radius 2 is 1.62 bits per heavy atom. The maximum Gasteiger partial charge on any atom is 0.392 e. The van der Waals surface area contributed by atoms with Gasteiger partial charge in [0.05, 0.1) is 28.0 Å². The summed E-state index contributed by atoms with van der Waals surface area (Å²) in [5, 5.41) is 2.14. The number of carbonyl (C=O) groups excluding carboxylic acids is 2. The number of benzene rings is 2. The number of ether oxygens (including phenoxy) is 1. The van der Waals surface area contributed by atoms with Gasteiger partial charge in [-0.1, -0.05) is 53.9 Å². The predicted octanol–water partition coefficient (Wildman–Crippen LogP) is 8.37. The molecule has 2 aromatic rings. The molecule has 1 N–H and O–H groups in total. The average Bonchev–Trinajstić information content (AvgIpc) is 3.55. The Morgan fingerprint density at radius 3 is 2.11 bits per heavy atom. The van der Waals surface area contributed by atoms with E-state index in [9.17, 15) is 22.8 Å². The Balaban J connectivity index is 1.96. The lowest BCUT2D eigenvalue weighted by Crippen LogP contribution is -2.34. The summed E-state index contributed by atoms with van der Waals surface area (Å²) in [4.78, 5) is 25.9. The third-order valence-electron chi connectivity index (χ3n) is 6.24. The highest BCUT2D eigenvalue weighted by atomic mass is 35.5. The van der Waals surface area contributed by atoms with Gasteiger partial charge >= 0.3 is 12.1 Å². The number of anilines is 1. The van der Waals surface area contributed by atoms with Gasteiger partial charge in [0.25, 0.3) is 0 Å². The molecular formula is C26H26Cl3F4NO3. The van der Waals surface area contributed by atoms with Crippen molar-refractivity contribution in [1.29, 1.82) is 0 Å². The van der Waals surface area contributed by atoms with Gasteiger partial charge in [-0.25, -0.2) is 4.39 Å². The van der Waals surface area contributed by atoms with Gasteiger partial charge in [0, 0.05) is 15.6 Å². The van der Waals surface area contributed by atoms with Crippen molar-refractivity contribution in [1.82, 2.24) is 0 Å². The molecule has 0 aromatic heterocycles. The number of carbonyl (C=O) groups is 2. The highest BCUT2D eigenvalue weighted by Crippen LogP contribution is 2.52. The van der Waals surface area contributed by atoms with Crippen molar-refractivity contribution in [3.8, 4) is 0 Å². The van der Waals surface area contributed by atoms with E-state index in [1.54, 1.807) is 20.8 Å². The van der Waals surface area contributed by atoms with Gasteiger partial charge in [-0.15, -0.1) is 0 Å². The van der Waals surface area contributed by atoms with Gasteiger partial charge in [-0.3, -0.25) is 9.59 Å². The van der Waals surface area contributed by atoms with Crippen LogP contribution in [0.4, 0.5) is 23.2 Å². The van der Waals surface area contributed by atoms with Crippen LogP contribution in [0, 0.1) is 17.2 Å². The van der Waals surface area contributed by atoms with Crippen LogP contribution in [0.25, 0.3) is 0 Å². The molecule has 0 saturated heterocycles. The van der Waals surface area contributed by atoms with Crippen molar-refractivity contribution in [2.24, 2.45) is 11.3 Å². The third kappa shape index (κ3) is 6.89. The van der Waals surface area contributed by atoms with Crippen LogP contribution in [0.1, 0.15) is 57.6 Å². The number of amides is 1. The van der Waals surface area contributed by atoms with Crippen LogP contribution in [-0.4, -0.2) is 23.7 Å². The first-order chi connectivity index (χ1) is 16.9. The standard InChI is InChI=1S/C26H26Cl3F4NO3/c1-13(26(31,32)33)19(14-5-7-15(27)8-6-14)22(35)34-21-18(29)11-17(28)16(20(21)30)12-25(9-10-25)23(36)37-24(2,3)4/h5-8,11,13,19H,9-10,12H2,1-4H3,(H,34,35)/t13-,19+/m1/s1. The van der Waals surface area contributed by atoms with E-state index in [0.29, 0.717) is 12.8 Å². The molecule has 202 valence electrons. The molecule has 1 amide bonds. The number of rotatable bonds is 7. The van der Waals surface area contributed by atoms with E-state index in [-0.39, 0.29) is 32.6 Å². The third-order valence-corrected chi connectivity index (χ3v) is 7.13. The van der Waals surface area contributed by atoms with Crippen molar-refractivity contribution in [3.63, 3.8) is 0 Å².